The molecule has 0 aliphatic rings. The fourth-order valence-corrected chi connectivity index (χ4v) is 3.05. The van der Waals surface area contributed by atoms with Crippen molar-refractivity contribution in [3.8, 4) is 0 Å². The monoisotopic (exact) mass is 277 g/mol. The van der Waals surface area contributed by atoms with E-state index in [9.17, 15) is 0 Å². The Morgan fingerprint density at radius 2 is 2.33 bits per heavy atom. The van der Waals surface area contributed by atoms with Crippen LogP contribution in [0.3, 0.4) is 0 Å². The minimum Gasteiger partial charge on any atom is -0.353 e. The second-order valence-corrected chi connectivity index (χ2v) is 6.34. The van der Waals surface area contributed by atoms with E-state index in [1.54, 1.807) is 11.3 Å². The highest BCUT2D eigenvalue weighted by Crippen LogP contribution is 2.29. The van der Waals surface area contributed by atoms with Crippen LogP contribution >= 0.6 is 46.5 Å². The molecule has 2 heterocycles. The molecule has 2 aromatic heterocycles. The molecule has 0 fully saturated rings. The molecule has 1 atom stereocenters. The average molecular weight is 278 g/mol. The van der Waals surface area contributed by atoms with Crippen LogP contribution in [0, 0.1) is 3.95 Å². The Labute approximate surface area is 105 Å². The Hall–Kier alpha value is -0.430. The van der Waals surface area contributed by atoms with Gasteiger partial charge in [-0.05, 0) is 31.3 Å². The lowest BCUT2D eigenvalue weighted by molar-refractivity contribution is 0.894. The lowest BCUT2D eigenvalue weighted by Crippen LogP contribution is -2.04. The van der Waals surface area contributed by atoms with Gasteiger partial charge in [0.1, 0.15) is 0 Å². The largest absolute Gasteiger partial charge is 0.353 e. The van der Waals surface area contributed by atoms with E-state index in [2.05, 4.69) is 22.4 Å². The van der Waals surface area contributed by atoms with Crippen molar-refractivity contribution in [2.45, 2.75) is 13.0 Å². The van der Waals surface area contributed by atoms with Gasteiger partial charge < -0.3 is 5.32 Å². The smallest absolute Gasteiger partial charge is 0.204 e. The van der Waals surface area contributed by atoms with Crippen molar-refractivity contribution in [2.24, 2.45) is 0 Å². The Balaban J connectivity index is 2.10. The van der Waals surface area contributed by atoms with Crippen LogP contribution in [0.4, 0.5) is 5.13 Å². The molecule has 1 unspecified atom stereocenters. The molecular weight excluding hydrogens is 270 g/mol. The van der Waals surface area contributed by atoms with Crippen molar-refractivity contribution >= 4 is 51.6 Å². The third kappa shape index (κ3) is 2.78. The van der Waals surface area contributed by atoms with Gasteiger partial charge in [-0.1, -0.05) is 22.9 Å². The first-order valence-corrected chi connectivity index (χ1v) is 6.64. The van der Waals surface area contributed by atoms with Crippen LogP contribution in [-0.4, -0.2) is 10.2 Å². The fraction of sp³-hybridized carbons (Fsp3) is 0.250. The van der Waals surface area contributed by atoms with Gasteiger partial charge in [0.05, 0.1) is 10.4 Å². The number of hydrogen-bond acceptors (Lipinski definition) is 5. The summed E-state index contributed by atoms with van der Waals surface area (Å²) in [6.45, 7) is 2.06. The molecule has 0 saturated carbocycles. The molecule has 7 heteroatoms. The number of thiophene rings is 1. The number of hydrogen-bond donors (Lipinski definition) is 2. The summed E-state index contributed by atoms with van der Waals surface area (Å²) in [5.41, 5.74) is 0. The molecule has 2 N–H and O–H groups in total. The van der Waals surface area contributed by atoms with Crippen LogP contribution in [0.1, 0.15) is 17.8 Å². The average Bonchev–Trinajstić information content (AvgIpc) is 2.75. The number of aromatic nitrogens is 2. The number of halogens is 1. The molecule has 0 aromatic carbocycles. The number of aromatic amines is 1. The van der Waals surface area contributed by atoms with Gasteiger partial charge in [-0.3, -0.25) is 5.10 Å². The van der Waals surface area contributed by atoms with E-state index in [1.165, 1.54) is 16.2 Å². The van der Waals surface area contributed by atoms with E-state index >= 15 is 0 Å². The first kappa shape index (κ1) is 11.1. The molecule has 15 heavy (non-hydrogen) atoms. The Morgan fingerprint density at radius 3 is 2.87 bits per heavy atom. The summed E-state index contributed by atoms with van der Waals surface area (Å²) in [5.74, 6) is 0. The van der Waals surface area contributed by atoms with Gasteiger partial charge >= 0.3 is 0 Å². The van der Waals surface area contributed by atoms with Gasteiger partial charge in [-0.15, -0.1) is 16.4 Å². The highest BCUT2D eigenvalue weighted by molar-refractivity contribution is 7.73. The van der Waals surface area contributed by atoms with Gasteiger partial charge in [0.2, 0.25) is 5.13 Å². The van der Waals surface area contributed by atoms with E-state index in [4.69, 9.17) is 23.8 Å². The molecule has 0 saturated heterocycles. The van der Waals surface area contributed by atoms with Crippen LogP contribution < -0.4 is 5.32 Å². The zero-order chi connectivity index (χ0) is 10.8. The van der Waals surface area contributed by atoms with Gasteiger partial charge in [0.15, 0.2) is 3.95 Å². The molecule has 0 bridgehead atoms. The zero-order valence-electron chi connectivity index (χ0n) is 7.78. The minimum atomic E-state index is 0.191. The van der Waals surface area contributed by atoms with Gasteiger partial charge in [0.25, 0.3) is 0 Å². The third-order valence-electron chi connectivity index (χ3n) is 1.80. The highest BCUT2D eigenvalue weighted by atomic mass is 35.5. The van der Waals surface area contributed by atoms with Crippen molar-refractivity contribution in [3.63, 3.8) is 0 Å². The third-order valence-corrected chi connectivity index (χ3v) is 4.23. The fourth-order valence-electron chi connectivity index (χ4n) is 1.11. The van der Waals surface area contributed by atoms with E-state index in [-0.39, 0.29) is 6.04 Å². The molecule has 80 valence electrons. The van der Waals surface area contributed by atoms with E-state index in [0.717, 1.165) is 9.47 Å². The maximum Gasteiger partial charge on any atom is 0.204 e. The number of anilines is 1. The molecule has 2 aromatic rings. The first-order valence-electron chi connectivity index (χ1n) is 4.22. The molecule has 0 aliphatic heterocycles. The Kier molecular flexibility index (Phi) is 3.40. The normalized spacial score (nSPS) is 12.7. The molecular formula is C8H8ClN3S3. The zero-order valence-corrected chi connectivity index (χ0v) is 11.0. The molecule has 2 rings (SSSR count). The van der Waals surface area contributed by atoms with E-state index < -0.39 is 0 Å². The Bertz CT molecular complexity index is 501. The van der Waals surface area contributed by atoms with Crippen LogP contribution in [-0.2, 0) is 0 Å². The predicted molar refractivity (Wildman–Crippen MR) is 68.7 cm³/mol. The summed E-state index contributed by atoms with van der Waals surface area (Å²) in [5, 5.41) is 10.8. The van der Waals surface area contributed by atoms with Crippen molar-refractivity contribution in [3.05, 3.63) is 25.3 Å². The number of nitrogens with one attached hydrogen (secondary N) is 2. The molecule has 0 spiro atoms. The van der Waals surface area contributed by atoms with Crippen molar-refractivity contribution in [1.82, 2.24) is 10.2 Å². The molecule has 0 radical (unpaired) electrons. The number of rotatable bonds is 3. The van der Waals surface area contributed by atoms with Crippen LogP contribution in [0.15, 0.2) is 12.1 Å². The van der Waals surface area contributed by atoms with Crippen molar-refractivity contribution in [2.75, 3.05) is 5.32 Å². The van der Waals surface area contributed by atoms with E-state index in [1.807, 2.05) is 12.1 Å². The molecule has 0 amide bonds. The summed E-state index contributed by atoms with van der Waals surface area (Å²) in [6.07, 6.45) is 0. The molecule has 0 aliphatic carbocycles. The van der Waals surface area contributed by atoms with Gasteiger partial charge in [0, 0.05) is 4.88 Å². The standard InChI is InChI=1S/C8H8ClN3S3/c1-4(5-2-3-6(9)14-5)10-7-11-12-8(13)15-7/h2-4H,1H3,(H,10,11)(H,12,13). The minimum absolute atomic E-state index is 0.191. The molecule has 3 nitrogen and oxygen atoms in total. The lowest BCUT2D eigenvalue weighted by atomic mass is 10.3. The maximum atomic E-state index is 5.87. The van der Waals surface area contributed by atoms with E-state index in [0.29, 0.717) is 3.95 Å². The topological polar surface area (TPSA) is 40.7 Å². The summed E-state index contributed by atoms with van der Waals surface area (Å²) in [7, 11) is 0. The Morgan fingerprint density at radius 1 is 1.53 bits per heavy atom. The second-order valence-electron chi connectivity index (χ2n) is 2.93. The lowest BCUT2D eigenvalue weighted by Gasteiger charge is -2.09. The van der Waals surface area contributed by atoms with Crippen molar-refractivity contribution in [1.29, 1.82) is 0 Å². The maximum absolute atomic E-state index is 5.87. The highest BCUT2D eigenvalue weighted by Gasteiger charge is 2.09. The second kappa shape index (κ2) is 4.61. The van der Waals surface area contributed by atoms with Crippen LogP contribution in [0.5, 0.6) is 0 Å². The van der Waals surface area contributed by atoms with Crippen LogP contribution in [0.25, 0.3) is 0 Å². The summed E-state index contributed by atoms with van der Waals surface area (Å²) < 4.78 is 1.47. The van der Waals surface area contributed by atoms with Crippen molar-refractivity contribution < 1.29 is 0 Å². The number of H-pyrrole nitrogens is 1. The predicted octanol–water partition coefficient (Wildman–Crippen LogP) is 4.09. The first-order chi connectivity index (χ1) is 7.15. The summed E-state index contributed by atoms with van der Waals surface area (Å²) in [4.78, 5) is 1.18. The van der Waals surface area contributed by atoms with Gasteiger partial charge in [-0.2, -0.15) is 0 Å². The quantitative estimate of drug-likeness (QED) is 0.830. The SMILES string of the molecule is CC(Nc1n[nH]c(=S)s1)c1ccc(Cl)s1. The summed E-state index contributed by atoms with van der Waals surface area (Å²) in [6, 6.07) is 4.10. The van der Waals surface area contributed by atoms with Gasteiger partial charge in [-0.25, -0.2) is 0 Å². The summed E-state index contributed by atoms with van der Waals surface area (Å²) >= 11 is 13.8. The van der Waals surface area contributed by atoms with Crippen LogP contribution in [0.2, 0.25) is 4.34 Å². The number of nitrogens with zero attached hydrogens (tertiary/aromatic N) is 1.